The van der Waals surface area contributed by atoms with E-state index in [-0.39, 0.29) is 11.9 Å². The molecule has 0 fully saturated rings. The third-order valence-corrected chi connectivity index (χ3v) is 3.56. The second-order valence-corrected chi connectivity index (χ2v) is 5.25. The number of hydrogen-bond donors (Lipinski definition) is 0. The molecule has 1 atom stereocenters. The zero-order valence-corrected chi connectivity index (χ0v) is 11.1. The zero-order valence-electron chi connectivity index (χ0n) is 8.90. The molecule has 1 aliphatic heterocycles. The van der Waals surface area contributed by atoms with Crippen LogP contribution >= 0.6 is 22.6 Å². The fraction of sp³-hybridized carbons (Fsp3) is 0.0714. The largest absolute Gasteiger partial charge is 0.280 e. The zero-order chi connectivity index (χ0) is 11.8. The topological polar surface area (TPSA) is 12.4 Å². The first-order valence-electron chi connectivity index (χ1n) is 5.32. The summed E-state index contributed by atoms with van der Waals surface area (Å²) in [5.41, 5.74) is 3.38. The molecule has 0 saturated heterocycles. The molecule has 0 amide bonds. The Morgan fingerprint density at radius 1 is 1.06 bits per heavy atom. The maximum absolute atomic E-state index is 12.9. The second kappa shape index (κ2) is 4.22. The Morgan fingerprint density at radius 3 is 2.59 bits per heavy atom. The van der Waals surface area contributed by atoms with Crippen molar-refractivity contribution in [1.82, 2.24) is 0 Å². The summed E-state index contributed by atoms with van der Waals surface area (Å²) in [4.78, 5) is 4.49. The van der Waals surface area contributed by atoms with E-state index in [9.17, 15) is 4.39 Å². The highest BCUT2D eigenvalue weighted by Gasteiger charge is 2.20. The minimum absolute atomic E-state index is 0.0163. The van der Waals surface area contributed by atoms with E-state index in [1.165, 1.54) is 21.3 Å². The lowest BCUT2D eigenvalue weighted by molar-refractivity contribution is 0.626. The van der Waals surface area contributed by atoms with Crippen LogP contribution in [0.3, 0.4) is 0 Å². The van der Waals surface area contributed by atoms with Crippen molar-refractivity contribution >= 4 is 28.8 Å². The van der Waals surface area contributed by atoms with Crippen LogP contribution in [0.2, 0.25) is 0 Å². The maximum atomic E-state index is 12.9. The molecule has 0 N–H and O–H groups in total. The van der Waals surface area contributed by atoms with Crippen LogP contribution in [-0.2, 0) is 0 Å². The van der Waals surface area contributed by atoms with Crippen molar-refractivity contribution in [2.45, 2.75) is 6.04 Å². The van der Waals surface area contributed by atoms with Crippen LogP contribution in [0.4, 0.5) is 4.39 Å². The number of benzene rings is 2. The molecular formula is C14H9FIN. The van der Waals surface area contributed by atoms with Crippen LogP contribution < -0.4 is 0 Å². The molecule has 0 bridgehead atoms. The molecule has 3 heteroatoms. The van der Waals surface area contributed by atoms with Gasteiger partial charge in [0, 0.05) is 9.78 Å². The van der Waals surface area contributed by atoms with E-state index < -0.39 is 0 Å². The number of rotatable bonds is 1. The van der Waals surface area contributed by atoms with E-state index in [4.69, 9.17) is 0 Å². The SMILES string of the molecule is Fc1ccc(C2N=Cc3cc(I)ccc32)cc1. The molecule has 0 saturated carbocycles. The van der Waals surface area contributed by atoms with Crippen molar-refractivity contribution in [3.8, 4) is 0 Å². The van der Waals surface area contributed by atoms with Crippen LogP contribution in [0.1, 0.15) is 22.7 Å². The molecular weight excluding hydrogens is 328 g/mol. The van der Waals surface area contributed by atoms with Gasteiger partial charge >= 0.3 is 0 Å². The minimum atomic E-state index is -0.210. The molecule has 0 spiro atoms. The Labute approximate surface area is 113 Å². The number of halogens is 2. The lowest BCUT2D eigenvalue weighted by Gasteiger charge is -2.10. The Balaban J connectivity index is 2.04. The van der Waals surface area contributed by atoms with Crippen LogP contribution in [0, 0.1) is 9.39 Å². The first kappa shape index (κ1) is 10.9. The average Bonchev–Trinajstić information content (AvgIpc) is 2.73. The highest BCUT2D eigenvalue weighted by molar-refractivity contribution is 14.1. The molecule has 0 radical (unpaired) electrons. The highest BCUT2D eigenvalue weighted by Crippen LogP contribution is 2.33. The van der Waals surface area contributed by atoms with E-state index in [1.807, 2.05) is 6.21 Å². The predicted molar refractivity (Wildman–Crippen MR) is 75.0 cm³/mol. The quantitative estimate of drug-likeness (QED) is 0.699. The molecule has 3 rings (SSSR count). The normalized spacial score (nSPS) is 17.2. The highest BCUT2D eigenvalue weighted by atomic mass is 127. The standard InChI is InChI=1S/C14H9FIN/c15-11-3-1-9(2-4-11)14-13-6-5-12(16)7-10(13)8-17-14/h1-8,14H. The smallest absolute Gasteiger partial charge is 0.123 e. The van der Waals surface area contributed by atoms with Gasteiger partial charge in [-0.15, -0.1) is 0 Å². The van der Waals surface area contributed by atoms with Gasteiger partial charge in [-0.3, -0.25) is 4.99 Å². The van der Waals surface area contributed by atoms with Gasteiger partial charge in [0.2, 0.25) is 0 Å². The van der Waals surface area contributed by atoms with Gasteiger partial charge in [0.1, 0.15) is 11.9 Å². The van der Waals surface area contributed by atoms with Gasteiger partial charge in [0.05, 0.1) is 0 Å². The van der Waals surface area contributed by atoms with E-state index in [0.29, 0.717) is 0 Å². The maximum Gasteiger partial charge on any atom is 0.123 e. The summed E-state index contributed by atoms with van der Waals surface area (Å²) in [6.07, 6.45) is 1.89. The number of nitrogens with zero attached hydrogens (tertiary/aromatic N) is 1. The van der Waals surface area contributed by atoms with Gasteiger partial charge in [-0.05, 0) is 63.5 Å². The van der Waals surface area contributed by atoms with Gasteiger partial charge in [-0.25, -0.2) is 4.39 Å². The lowest BCUT2D eigenvalue weighted by Crippen LogP contribution is -1.96. The molecule has 2 aromatic carbocycles. The lowest BCUT2D eigenvalue weighted by atomic mass is 9.98. The molecule has 1 unspecified atom stereocenters. The summed E-state index contributed by atoms with van der Waals surface area (Å²) in [5.74, 6) is -0.210. The van der Waals surface area contributed by atoms with E-state index in [0.717, 1.165) is 11.1 Å². The average molecular weight is 337 g/mol. The summed E-state index contributed by atoms with van der Waals surface area (Å²) in [5, 5.41) is 0. The molecule has 2 aromatic rings. The molecule has 1 nitrogen and oxygen atoms in total. The summed E-state index contributed by atoms with van der Waals surface area (Å²) < 4.78 is 14.1. The van der Waals surface area contributed by atoms with Gasteiger partial charge in [0.25, 0.3) is 0 Å². The number of fused-ring (bicyclic) bond motifs is 1. The molecule has 1 heterocycles. The summed E-state index contributed by atoms with van der Waals surface area (Å²) in [6, 6.07) is 12.9. The summed E-state index contributed by atoms with van der Waals surface area (Å²) in [6.45, 7) is 0. The van der Waals surface area contributed by atoms with Gasteiger partial charge in [-0.1, -0.05) is 18.2 Å². The van der Waals surface area contributed by atoms with Gasteiger partial charge < -0.3 is 0 Å². The fourth-order valence-electron chi connectivity index (χ4n) is 2.05. The molecule has 17 heavy (non-hydrogen) atoms. The Morgan fingerprint density at radius 2 is 1.82 bits per heavy atom. The Hall–Kier alpha value is -1.23. The fourth-order valence-corrected chi connectivity index (χ4v) is 2.57. The first-order valence-corrected chi connectivity index (χ1v) is 6.40. The third kappa shape index (κ3) is 1.99. The Bertz CT molecular complexity index is 590. The minimum Gasteiger partial charge on any atom is -0.280 e. The van der Waals surface area contributed by atoms with Crippen molar-refractivity contribution in [3.63, 3.8) is 0 Å². The first-order chi connectivity index (χ1) is 8.24. The van der Waals surface area contributed by atoms with Crippen molar-refractivity contribution in [3.05, 3.63) is 68.5 Å². The van der Waals surface area contributed by atoms with Crippen molar-refractivity contribution in [1.29, 1.82) is 0 Å². The van der Waals surface area contributed by atoms with E-state index in [2.05, 4.69) is 45.8 Å². The molecule has 1 aliphatic rings. The number of hydrogen-bond acceptors (Lipinski definition) is 1. The monoisotopic (exact) mass is 337 g/mol. The predicted octanol–water partition coefficient (Wildman–Crippen LogP) is 3.95. The summed E-state index contributed by atoms with van der Waals surface area (Å²) >= 11 is 2.29. The molecule has 0 aliphatic carbocycles. The Kier molecular flexibility index (Phi) is 2.70. The second-order valence-electron chi connectivity index (χ2n) is 4.01. The van der Waals surface area contributed by atoms with Crippen molar-refractivity contribution < 1.29 is 4.39 Å². The van der Waals surface area contributed by atoms with Gasteiger partial charge in [0.15, 0.2) is 0 Å². The summed E-state index contributed by atoms with van der Waals surface area (Å²) in [7, 11) is 0. The molecule has 0 aromatic heterocycles. The van der Waals surface area contributed by atoms with Crippen LogP contribution in [-0.4, -0.2) is 6.21 Å². The van der Waals surface area contributed by atoms with E-state index >= 15 is 0 Å². The molecule has 84 valence electrons. The van der Waals surface area contributed by atoms with Crippen molar-refractivity contribution in [2.24, 2.45) is 4.99 Å². The van der Waals surface area contributed by atoms with Crippen LogP contribution in [0.15, 0.2) is 47.5 Å². The van der Waals surface area contributed by atoms with Crippen LogP contribution in [0.25, 0.3) is 0 Å². The van der Waals surface area contributed by atoms with Crippen LogP contribution in [0.5, 0.6) is 0 Å². The number of aliphatic imine (C=N–C) groups is 1. The van der Waals surface area contributed by atoms with Crippen molar-refractivity contribution in [2.75, 3.05) is 0 Å². The third-order valence-electron chi connectivity index (χ3n) is 2.89. The van der Waals surface area contributed by atoms with E-state index in [1.54, 1.807) is 12.1 Å². The van der Waals surface area contributed by atoms with Gasteiger partial charge in [-0.2, -0.15) is 0 Å².